The lowest BCUT2D eigenvalue weighted by molar-refractivity contribution is -0.120. The lowest BCUT2D eigenvalue weighted by atomic mass is 10.1. The molecule has 0 spiro atoms. The molecule has 4 rings (SSSR count). The highest BCUT2D eigenvalue weighted by atomic mass is 32.2. The molecule has 6 heteroatoms. The summed E-state index contributed by atoms with van der Waals surface area (Å²) < 4.78 is 0. The molecule has 1 aliphatic carbocycles. The maximum atomic E-state index is 12.5. The van der Waals surface area contributed by atoms with E-state index >= 15 is 0 Å². The summed E-state index contributed by atoms with van der Waals surface area (Å²) in [6, 6.07) is 10.1. The predicted molar refractivity (Wildman–Crippen MR) is 104 cm³/mol. The molecule has 1 atom stereocenters. The Morgan fingerprint density at radius 1 is 1.35 bits per heavy atom. The average molecular weight is 366 g/mol. The number of fused-ring (bicyclic) bond motifs is 2. The number of pyridine rings is 1. The van der Waals surface area contributed by atoms with Gasteiger partial charge < -0.3 is 5.32 Å². The Hall–Kier alpha value is -2.34. The second kappa shape index (κ2) is 7.11. The Bertz CT molecular complexity index is 966. The van der Waals surface area contributed by atoms with Gasteiger partial charge in [0.05, 0.1) is 28.0 Å². The fraction of sp³-hybridized carbons (Fsp3) is 0.350. The number of para-hydroxylation sites is 1. The molecule has 2 N–H and O–H groups in total. The molecule has 26 heavy (non-hydrogen) atoms. The van der Waals surface area contributed by atoms with Gasteiger partial charge in [0.1, 0.15) is 0 Å². The topological polar surface area (TPSA) is 70.7 Å². The number of hydrogen-bond donors (Lipinski definition) is 2. The number of aromatic amines is 1. The van der Waals surface area contributed by atoms with Gasteiger partial charge in [0, 0.05) is 11.1 Å². The van der Waals surface area contributed by atoms with Crippen LogP contribution in [0, 0.1) is 6.92 Å². The summed E-state index contributed by atoms with van der Waals surface area (Å²) >= 11 is 1.49. The van der Waals surface area contributed by atoms with E-state index in [0.717, 1.165) is 34.5 Å². The van der Waals surface area contributed by atoms with E-state index in [2.05, 4.69) is 39.6 Å². The van der Waals surface area contributed by atoms with Gasteiger partial charge in [-0.3, -0.25) is 9.89 Å². The van der Waals surface area contributed by atoms with E-state index in [-0.39, 0.29) is 11.2 Å². The Morgan fingerprint density at radius 3 is 3.08 bits per heavy atom. The summed E-state index contributed by atoms with van der Waals surface area (Å²) in [4.78, 5) is 17.2. The standard InChI is InChI=1S/C20H22N4OS/c1-12-10-19(22-16-8-4-3-6-14(12)16)26-13(2)20(25)21-11-18-15-7-5-9-17(15)23-24-18/h3-4,6,8,10,13H,5,7,9,11H2,1-2H3,(H,21,25)(H,23,24). The second-order valence-electron chi connectivity index (χ2n) is 6.75. The van der Waals surface area contributed by atoms with Crippen molar-refractivity contribution in [3.8, 4) is 0 Å². The number of rotatable bonds is 5. The molecule has 0 bridgehead atoms. The van der Waals surface area contributed by atoms with Crippen molar-refractivity contribution in [2.24, 2.45) is 0 Å². The van der Waals surface area contributed by atoms with Crippen LogP contribution in [-0.2, 0) is 24.2 Å². The highest BCUT2D eigenvalue weighted by Crippen LogP contribution is 2.27. The van der Waals surface area contributed by atoms with E-state index in [9.17, 15) is 4.79 Å². The van der Waals surface area contributed by atoms with E-state index in [0.29, 0.717) is 6.54 Å². The van der Waals surface area contributed by atoms with Gasteiger partial charge in [-0.25, -0.2) is 4.98 Å². The minimum Gasteiger partial charge on any atom is -0.349 e. The fourth-order valence-corrected chi connectivity index (χ4v) is 4.41. The Balaban J connectivity index is 1.41. The highest BCUT2D eigenvalue weighted by molar-refractivity contribution is 8.00. The summed E-state index contributed by atoms with van der Waals surface area (Å²) in [6.45, 7) is 4.48. The van der Waals surface area contributed by atoms with Crippen LogP contribution in [0.25, 0.3) is 10.9 Å². The second-order valence-corrected chi connectivity index (χ2v) is 8.11. The highest BCUT2D eigenvalue weighted by Gasteiger charge is 2.20. The van der Waals surface area contributed by atoms with E-state index < -0.39 is 0 Å². The smallest absolute Gasteiger partial charge is 0.233 e. The molecule has 2 aromatic heterocycles. The Kier molecular flexibility index (Phi) is 4.68. The molecular weight excluding hydrogens is 344 g/mol. The minimum atomic E-state index is -0.213. The van der Waals surface area contributed by atoms with Crippen LogP contribution in [0.3, 0.4) is 0 Å². The van der Waals surface area contributed by atoms with Gasteiger partial charge in [-0.15, -0.1) is 0 Å². The number of nitrogens with zero attached hydrogens (tertiary/aromatic N) is 2. The van der Waals surface area contributed by atoms with Gasteiger partial charge in [-0.05, 0) is 56.4 Å². The van der Waals surface area contributed by atoms with E-state index in [1.165, 1.54) is 35.0 Å². The van der Waals surface area contributed by atoms with E-state index in [4.69, 9.17) is 0 Å². The number of benzene rings is 1. The molecule has 1 aromatic carbocycles. The molecule has 134 valence electrons. The number of aryl methyl sites for hydroxylation is 2. The summed E-state index contributed by atoms with van der Waals surface area (Å²) in [7, 11) is 0. The number of carbonyl (C=O) groups excluding carboxylic acids is 1. The van der Waals surface area contributed by atoms with Crippen LogP contribution in [0.5, 0.6) is 0 Å². The number of aromatic nitrogens is 3. The molecule has 0 saturated heterocycles. The van der Waals surface area contributed by atoms with E-state index in [1.54, 1.807) is 0 Å². The number of amides is 1. The van der Waals surface area contributed by atoms with Gasteiger partial charge in [-0.1, -0.05) is 30.0 Å². The molecule has 2 heterocycles. The van der Waals surface area contributed by atoms with Crippen LogP contribution in [-0.4, -0.2) is 26.3 Å². The zero-order chi connectivity index (χ0) is 18.1. The third kappa shape index (κ3) is 3.33. The van der Waals surface area contributed by atoms with Gasteiger partial charge in [-0.2, -0.15) is 5.10 Å². The maximum absolute atomic E-state index is 12.5. The third-order valence-corrected chi connectivity index (χ3v) is 5.91. The van der Waals surface area contributed by atoms with Crippen molar-refractivity contribution < 1.29 is 4.79 Å². The minimum absolute atomic E-state index is 0.0114. The molecule has 1 amide bonds. The molecule has 0 fully saturated rings. The van der Waals surface area contributed by atoms with Crippen LogP contribution < -0.4 is 5.32 Å². The van der Waals surface area contributed by atoms with Gasteiger partial charge >= 0.3 is 0 Å². The van der Waals surface area contributed by atoms with Crippen molar-refractivity contribution in [2.45, 2.75) is 49.9 Å². The molecule has 0 aliphatic heterocycles. The average Bonchev–Trinajstić information content (AvgIpc) is 3.23. The number of hydrogen-bond acceptors (Lipinski definition) is 4. The molecule has 1 aliphatic rings. The SMILES string of the molecule is Cc1cc(SC(C)C(=O)NCc2n[nH]c3c2CCC3)nc2ccccc12. The van der Waals surface area contributed by atoms with Crippen molar-refractivity contribution in [2.75, 3.05) is 0 Å². The summed E-state index contributed by atoms with van der Waals surface area (Å²) in [5, 5.41) is 12.3. The van der Waals surface area contributed by atoms with Crippen molar-refractivity contribution in [3.63, 3.8) is 0 Å². The number of thioether (sulfide) groups is 1. The predicted octanol–water partition coefficient (Wildman–Crippen LogP) is 3.55. The number of carbonyl (C=O) groups is 1. The summed E-state index contributed by atoms with van der Waals surface area (Å²) in [5.74, 6) is 0.0114. The quantitative estimate of drug-likeness (QED) is 0.678. The first-order valence-electron chi connectivity index (χ1n) is 8.97. The van der Waals surface area contributed by atoms with Crippen molar-refractivity contribution in [3.05, 3.63) is 52.8 Å². The van der Waals surface area contributed by atoms with E-state index in [1.807, 2.05) is 25.1 Å². The molecule has 5 nitrogen and oxygen atoms in total. The Labute approximate surface area is 157 Å². The van der Waals surface area contributed by atoms with Gasteiger partial charge in [0.15, 0.2) is 0 Å². The van der Waals surface area contributed by atoms with Crippen LogP contribution >= 0.6 is 11.8 Å². The van der Waals surface area contributed by atoms with Crippen LogP contribution in [0.4, 0.5) is 0 Å². The number of nitrogens with one attached hydrogen (secondary N) is 2. The molecule has 1 unspecified atom stereocenters. The van der Waals surface area contributed by atoms with Crippen LogP contribution in [0.15, 0.2) is 35.4 Å². The maximum Gasteiger partial charge on any atom is 0.233 e. The zero-order valence-electron chi connectivity index (χ0n) is 15.0. The first-order valence-corrected chi connectivity index (χ1v) is 9.85. The van der Waals surface area contributed by atoms with Crippen LogP contribution in [0.1, 0.15) is 35.9 Å². The lowest BCUT2D eigenvalue weighted by Gasteiger charge is -2.12. The number of H-pyrrole nitrogens is 1. The normalized spacial score (nSPS) is 14.4. The van der Waals surface area contributed by atoms with Crippen molar-refractivity contribution in [1.29, 1.82) is 0 Å². The molecule has 3 aromatic rings. The first-order chi connectivity index (χ1) is 12.6. The van der Waals surface area contributed by atoms with Crippen molar-refractivity contribution >= 4 is 28.6 Å². The third-order valence-electron chi connectivity index (χ3n) is 4.89. The summed E-state index contributed by atoms with van der Waals surface area (Å²) in [6.07, 6.45) is 3.29. The molecule has 0 radical (unpaired) electrons. The zero-order valence-corrected chi connectivity index (χ0v) is 15.8. The molecular formula is C20H22N4OS. The first kappa shape index (κ1) is 17.1. The molecule has 0 saturated carbocycles. The monoisotopic (exact) mass is 366 g/mol. The summed E-state index contributed by atoms with van der Waals surface area (Å²) in [5.41, 5.74) is 5.64. The Morgan fingerprint density at radius 2 is 2.19 bits per heavy atom. The largest absolute Gasteiger partial charge is 0.349 e. The lowest BCUT2D eigenvalue weighted by Crippen LogP contribution is -2.30. The van der Waals surface area contributed by atoms with Gasteiger partial charge in [0.2, 0.25) is 5.91 Å². The van der Waals surface area contributed by atoms with Crippen LogP contribution in [0.2, 0.25) is 0 Å². The van der Waals surface area contributed by atoms with Crippen molar-refractivity contribution in [1.82, 2.24) is 20.5 Å². The van der Waals surface area contributed by atoms with Gasteiger partial charge in [0.25, 0.3) is 0 Å². The fourth-order valence-electron chi connectivity index (χ4n) is 3.46.